The topological polar surface area (TPSA) is 0 Å². The number of alkyl halides is 2. The largest absolute Gasteiger partial charge is 0.0924 e. The lowest BCUT2D eigenvalue weighted by Gasteiger charge is -2.06. The maximum absolute atomic E-state index is 3.52. The van der Waals surface area contributed by atoms with E-state index in [9.17, 15) is 0 Å². The average Bonchev–Trinajstić information content (AvgIpc) is 2.48. The number of benzene rings is 2. The predicted molar refractivity (Wildman–Crippen MR) is 96.8 cm³/mol. The summed E-state index contributed by atoms with van der Waals surface area (Å²) in [7, 11) is 0. The van der Waals surface area contributed by atoms with E-state index in [0.717, 1.165) is 23.5 Å². The van der Waals surface area contributed by atoms with Crippen LogP contribution in [0.4, 0.5) is 0 Å². The van der Waals surface area contributed by atoms with Crippen LogP contribution in [0.3, 0.4) is 0 Å². The van der Waals surface area contributed by atoms with Crippen molar-refractivity contribution in [3.8, 4) is 0 Å². The number of halogens is 2. The van der Waals surface area contributed by atoms with Gasteiger partial charge in [0.1, 0.15) is 0 Å². The maximum Gasteiger partial charge on any atom is 0.00720 e. The van der Waals surface area contributed by atoms with Gasteiger partial charge in [-0.3, -0.25) is 0 Å². The van der Waals surface area contributed by atoms with Crippen LogP contribution in [-0.2, 0) is 12.8 Å². The van der Waals surface area contributed by atoms with Crippen LogP contribution in [0.25, 0.3) is 12.2 Å². The third-order valence-electron chi connectivity index (χ3n) is 3.28. The van der Waals surface area contributed by atoms with Crippen molar-refractivity contribution in [3.05, 3.63) is 70.8 Å². The minimum atomic E-state index is 0.998. The van der Waals surface area contributed by atoms with Crippen LogP contribution >= 0.6 is 31.9 Å². The Kier molecular flexibility index (Phi) is 6.55. The zero-order valence-corrected chi connectivity index (χ0v) is 14.5. The highest BCUT2D eigenvalue weighted by Crippen LogP contribution is 2.17. The first-order chi connectivity index (χ1) is 9.85. The van der Waals surface area contributed by atoms with Crippen molar-refractivity contribution in [2.24, 2.45) is 0 Å². The maximum atomic E-state index is 3.52. The first-order valence-corrected chi connectivity index (χ1v) is 9.05. The van der Waals surface area contributed by atoms with Crippen molar-refractivity contribution in [3.63, 3.8) is 0 Å². The van der Waals surface area contributed by atoms with E-state index >= 15 is 0 Å². The van der Waals surface area contributed by atoms with Crippen LogP contribution in [0.15, 0.2) is 48.5 Å². The Hall–Kier alpha value is -0.860. The second kappa shape index (κ2) is 8.43. The van der Waals surface area contributed by atoms with Gasteiger partial charge in [-0.2, -0.15) is 0 Å². The summed E-state index contributed by atoms with van der Waals surface area (Å²) in [4.78, 5) is 0. The molecule has 0 aliphatic heterocycles. The highest BCUT2D eigenvalue weighted by molar-refractivity contribution is 9.09. The summed E-state index contributed by atoms with van der Waals surface area (Å²) >= 11 is 7.04. The van der Waals surface area contributed by atoms with Gasteiger partial charge in [-0.1, -0.05) is 92.5 Å². The summed E-state index contributed by atoms with van der Waals surface area (Å²) in [6, 6.07) is 17.2. The van der Waals surface area contributed by atoms with Crippen LogP contribution in [0.2, 0.25) is 0 Å². The predicted octanol–water partition coefficient (Wildman–Crippen LogP) is 5.73. The Morgan fingerprint density at radius 1 is 0.650 bits per heavy atom. The molecule has 0 saturated carbocycles. The van der Waals surface area contributed by atoms with E-state index in [1.165, 1.54) is 22.3 Å². The number of rotatable bonds is 6. The van der Waals surface area contributed by atoms with Crippen molar-refractivity contribution < 1.29 is 0 Å². The van der Waals surface area contributed by atoms with Gasteiger partial charge in [0.05, 0.1) is 0 Å². The van der Waals surface area contributed by atoms with Crippen LogP contribution in [-0.4, -0.2) is 10.7 Å². The van der Waals surface area contributed by atoms with Gasteiger partial charge in [0.2, 0.25) is 0 Å². The lowest BCUT2D eigenvalue weighted by Crippen LogP contribution is -1.91. The van der Waals surface area contributed by atoms with E-state index in [-0.39, 0.29) is 0 Å². The summed E-state index contributed by atoms with van der Waals surface area (Å²) in [6.07, 6.45) is 6.57. The van der Waals surface area contributed by atoms with Crippen molar-refractivity contribution in [1.82, 2.24) is 0 Å². The molecular weight excluding hydrogens is 376 g/mol. The standard InChI is InChI=1S/C18H18Br2/c19-13-11-17-7-3-1-5-15(17)9-10-16-6-2-4-8-18(16)12-14-20/h1-10H,11-14H2. The molecule has 0 aliphatic carbocycles. The molecular formula is C18H18Br2. The molecule has 0 N–H and O–H groups in total. The Bertz CT molecular complexity index is 522. The molecule has 0 bridgehead atoms. The Labute approximate surface area is 138 Å². The molecule has 2 heteroatoms. The Morgan fingerprint density at radius 2 is 1.05 bits per heavy atom. The van der Waals surface area contributed by atoms with E-state index in [2.05, 4.69) is 92.5 Å². The second-order valence-electron chi connectivity index (χ2n) is 4.61. The van der Waals surface area contributed by atoms with Gasteiger partial charge in [-0.15, -0.1) is 0 Å². The molecule has 2 aromatic carbocycles. The normalized spacial score (nSPS) is 11.1. The molecule has 0 heterocycles. The van der Waals surface area contributed by atoms with Gasteiger partial charge in [0.25, 0.3) is 0 Å². The minimum Gasteiger partial charge on any atom is -0.0924 e. The van der Waals surface area contributed by atoms with Crippen molar-refractivity contribution in [2.45, 2.75) is 12.8 Å². The molecule has 0 amide bonds. The lowest BCUT2D eigenvalue weighted by molar-refractivity contribution is 1.16. The smallest absolute Gasteiger partial charge is 0.00720 e. The zero-order valence-electron chi connectivity index (χ0n) is 11.4. The molecule has 0 saturated heterocycles. The fraction of sp³-hybridized carbons (Fsp3) is 0.222. The van der Waals surface area contributed by atoms with Gasteiger partial charge >= 0.3 is 0 Å². The first-order valence-electron chi connectivity index (χ1n) is 6.81. The Balaban J connectivity index is 2.25. The average molecular weight is 394 g/mol. The van der Waals surface area contributed by atoms with Crippen molar-refractivity contribution in [1.29, 1.82) is 0 Å². The summed E-state index contributed by atoms with van der Waals surface area (Å²) in [5, 5.41) is 2.00. The van der Waals surface area contributed by atoms with Crippen molar-refractivity contribution in [2.75, 3.05) is 10.7 Å². The third kappa shape index (κ3) is 4.32. The third-order valence-corrected chi connectivity index (χ3v) is 4.07. The van der Waals surface area contributed by atoms with Gasteiger partial charge in [0, 0.05) is 10.7 Å². The molecule has 0 aromatic heterocycles. The molecule has 0 fully saturated rings. The number of hydrogen-bond acceptors (Lipinski definition) is 0. The monoisotopic (exact) mass is 392 g/mol. The second-order valence-corrected chi connectivity index (χ2v) is 6.19. The quantitative estimate of drug-likeness (QED) is 0.434. The molecule has 0 aliphatic rings. The van der Waals surface area contributed by atoms with E-state index in [1.54, 1.807) is 0 Å². The summed E-state index contributed by atoms with van der Waals surface area (Å²) in [5.41, 5.74) is 5.39. The Morgan fingerprint density at radius 3 is 1.45 bits per heavy atom. The molecule has 0 nitrogen and oxygen atoms in total. The van der Waals surface area contributed by atoms with E-state index in [0.29, 0.717) is 0 Å². The highest BCUT2D eigenvalue weighted by Gasteiger charge is 2.00. The van der Waals surface area contributed by atoms with Gasteiger partial charge < -0.3 is 0 Å². The fourth-order valence-corrected chi connectivity index (χ4v) is 3.09. The summed E-state index contributed by atoms with van der Waals surface area (Å²) in [6.45, 7) is 0. The van der Waals surface area contributed by atoms with Crippen LogP contribution < -0.4 is 0 Å². The minimum absolute atomic E-state index is 0.998. The summed E-state index contributed by atoms with van der Waals surface area (Å²) < 4.78 is 0. The van der Waals surface area contributed by atoms with Gasteiger partial charge in [0.15, 0.2) is 0 Å². The van der Waals surface area contributed by atoms with Gasteiger partial charge in [-0.05, 0) is 35.1 Å². The number of hydrogen-bond donors (Lipinski definition) is 0. The summed E-state index contributed by atoms with van der Waals surface area (Å²) in [5.74, 6) is 0. The first kappa shape index (κ1) is 15.5. The number of aryl methyl sites for hydroxylation is 2. The van der Waals surface area contributed by atoms with E-state index < -0.39 is 0 Å². The fourth-order valence-electron chi connectivity index (χ4n) is 2.23. The van der Waals surface area contributed by atoms with Gasteiger partial charge in [-0.25, -0.2) is 0 Å². The molecule has 20 heavy (non-hydrogen) atoms. The molecule has 2 rings (SSSR count). The molecule has 0 radical (unpaired) electrons. The molecule has 0 unspecified atom stereocenters. The van der Waals surface area contributed by atoms with Crippen LogP contribution in [0.5, 0.6) is 0 Å². The van der Waals surface area contributed by atoms with Crippen molar-refractivity contribution >= 4 is 44.0 Å². The molecule has 104 valence electrons. The lowest BCUT2D eigenvalue weighted by atomic mass is 10.0. The van der Waals surface area contributed by atoms with Crippen LogP contribution in [0, 0.1) is 0 Å². The molecule has 2 aromatic rings. The highest BCUT2D eigenvalue weighted by atomic mass is 79.9. The van der Waals surface area contributed by atoms with Crippen LogP contribution in [0.1, 0.15) is 22.3 Å². The van der Waals surface area contributed by atoms with E-state index in [4.69, 9.17) is 0 Å². The zero-order chi connectivity index (χ0) is 14.2. The molecule has 0 atom stereocenters. The van der Waals surface area contributed by atoms with E-state index in [1.807, 2.05) is 0 Å². The SMILES string of the molecule is BrCCc1ccccc1C=Cc1ccccc1CCBr. The molecule has 0 spiro atoms.